The monoisotopic (exact) mass is 175 g/mol. The van der Waals surface area contributed by atoms with Gasteiger partial charge in [0.25, 0.3) is 0 Å². The molecule has 3 atom stereocenters. The van der Waals surface area contributed by atoms with Gasteiger partial charge in [-0.05, 0) is 13.3 Å². The van der Waals surface area contributed by atoms with Crippen molar-refractivity contribution >= 4 is 5.78 Å². The Bertz CT molecular complexity index is 338. The Hall–Kier alpha value is -1.10. The van der Waals surface area contributed by atoms with Crippen LogP contribution in [-0.4, -0.2) is 5.78 Å². The van der Waals surface area contributed by atoms with Crippen molar-refractivity contribution in [1.82, 2.24) is 0 Å². The molecule has 1 fully saturated rings. The van der Waals surface area contributed by atoms with E-state index in [1.54, 1.807) is 0 Å². The topological polar surface area (TPSA) is 40.9 Å². The van der Waals surface area contributed by atoms with Gasteiger partial charge >= 0.3 is 0 Å². The van der Waals surface area contributed by atoms with Gasteiger partial charge in [-0.1, -0.05) is 19.1 Å². The smallest absolute Gasteiger partial charge is 0.144 e. The molecule has 2 aliphatic rings. The molecule has 13 heavy (non-hydrogen) atoms. The average molecular weight is 175 g/mol. The van der Waals surface area contributed by atoms with Crippen LogP contribution in [0, 0.1) is 28.1 Å². The van der Waals surface area contributed by atoms with Crippen LogP contribution in [0.5, 0.6) is 0 Å². The quantitative estimate of drug-likeness (QED) is 0.529. The van der Waals surface area contributed by atoms with Gasteiger partial charge in [-0.3, -0.25) is 4.79 Å². The predicted molar refractivity (Wildman–Crippen MR) is 48.7 cm³/mol. The fraction of sp³-hybridized carbons (Fsp3) is 0.636. The number of hydrogen-bond donors (Lipinski definition) is 0. The molecule has 0 saturated heterocycles. The lowest BCUT2D eigenvalue weighted by molar-refractivity contribution is -0.125. The summed E-state index contributed by atoms with van der Waals surface area (Å²) in [4.78, 5) is 11.7. The summed E-state index contributed by atoms with van der Waals surface area (Å²) < 4.78 is 0. The van der Waals surface area contributed by atoms with E-state index >= 15 is 0 Å². The third-order valence-electron chi connectivity index (χ3n) is 4.07. The minimum absolute atomic E-state index is 0.0972. The zero-order chi connectivity index (χ0) is 9.69. The molecule has 0 spiro atoms. The predicted octanol–water partition coefficient (Wildman–Crippen LogP) is 2.07. The largest absolute Gasteiger partial charge is 0.299 e. The lowest BCUT2D eigenvalue weighted by Crippen LogP contribution is -2.34. The minimum Gasteiger partial charge on any atom is -0.299 e. The summed E-state index contributed by atoms with van der Waals surface area (Å²) in [5, 5.41) is 8.98. The van der Waals surface area contributed by atoms with Crippen molar-refractivity contribution in [2.75, 3.05) is 0 Å². The number of ketones is 1. The van der Waals surface area contributed by atoms with Crippen molar-refractivity contribution in [2.24, 2.45) is 16.7 Å². The summed E-state index contributed by atoms with van der Waals surface area (Å²) in [6.07, 6.45) is 5.34. The maximum atomic E-state index is 11.7. The van der Waals surface area contributed by atoms with Crippen LogP contribution >= 0.6 is 0 Å². The second-order valence-corrected chi connectivity index (χ2v) is 4.54. The van der Waals surface area contributed by atoms with Gasteiger partial charge in [0.15, 0.2) is 0 Å². The van der Waals surface area contributed by atoms with E-state index in [4.69, 9.17) is 5.26 Å². The van der Waals surface area contributed by atoms with Crippen LogP contribution < -0.4 is 0 Å². The van der Waals surface area contributed by atoms with E-state index in [2.05, 4.69) is 13.0 Å². The molecule has 0 N–H and O–H groups in total. The van der Waals surface area contributed by atoms with E-state index < -0.39 is 0 Å². The van der Waals surface area contributed by atoms with Crippen LogP contribution in [0.25, 0.3) is 0 Å². The third-order valence-corrected chi connectivity index (χ3v) is 4.07. The summed E-state index contributed by atoms with van der Waals surface area (Å²) in [7, 11) is 0. The van der Waals surface area contributed by atoms with E-state index in [0.717, 1.165) is 6.42 Å². The van der Waals surface area contributed by atoms with Gasteiger partial charge in [-0.2, -0.15) is 5.26 Å². The summed E-state index contributed by atoms with van der Waals surface area (Å²) in [6, 6.07) is 2.27. The number of nitriles is 1. The SMILES string of the molecule is C[C@@]12C=CC[C@]1(C)[C@H](C#N)CC2=O. The molecule has 0 aromatic rings. The van der Waals surface area contributed by atoms with Crippen molar-refractivity contribution in [3.63, 3.8) is 0 Å². The van der Waals surface area contributed by atoms with E-state index in [0.29, 0.717) is 6.42 Å². The molecule has 0 aliphatic heterocycles. The maximum Gasteiger partial charge on any atom is 0.144 e. The molecular formula is C11H13NO. The third kappa shape index (κ3) is 0.751. The summed E-state index contributed by atoms with van der Waals surface area (Å²) in [5.74, 6) is 0.135. The van der Waals surface area contributed by atoms with Crippen LogP contribution in [0.15, 0.2) is 12.2 Å². The fourth-order valence-corrected chi connectivity index (χ4v) is 2.67. The van der Waals surface area contributed by atoms with Gasteiger partial charge in [-0.15, -0.1) is 0 Å². The molecule has 2 heteroatoms. The number of nitrogens with zero attached hydrogens (tertiary/aromatic N) is 1. The van der Waals surface area contributed by atoms with E-state index in [9.17, 15) is 4.79 Å². The number of carbonyl (C=O) groups excluding carboxylic acids is 1. The van der Waals surface area contributed by atoms with Crippen molar-refractivity contribution < 1.29 is 4.79 Å². The van der Waals surface area contributed by atoms with Crippen molar-refractivity contribution in [3.8, 4) is 6.07 Å². The summed E-state index contributed by atoms with van der Waals surface area (Å²) >= 11 is 0. The Morgan fingerprint density at radius 2 is 2.31 bits per heavy atom. The summed E-state index contributed by atoms with van der Waals surface area (Å²) in [6.45, 7) is 4.03. The number of hydrogen-bond acceptors (Lipinski definition) is 2. The zero-order valence-corrected chi connectivity index (χ0v) is 8.00. The highest BCUT2D eigenvalue weighted by molar-refractivity contribution is 5.91. The molecule has 0 radical (unpaired) electrons. The average Bonchev–Trinajstić information content (AvgIpc) is 2.47. The highest BCUT2D eigenvalue weighted by Gasteiger charge is 2.60. The van der Waals surface area contributed by atoms with Gasteiger partial charge in [0, 0.05) is 11.8 Å². The number of fused-ring (bicyclic) bond motifs is 1. The first kappa shape index (κ1) is 8.50. The Morgan fingerprint density at radius 1 is 1.62 bits per heavy atom. The van der Waals surface area contributed by atoms with E-state index in [-0.39, 0.29) is 22.5 Å². The lowest BCUT2D eigenvalue weighted by atomic mass is 9.66. The minimum atomic E-state index is -0.368. The van der Waals surface area contributed by atoms with Crippen LogP contribution in [0.1, 0.15) is 26.7 Å². The number of allylic oxidation sites excluding steroid dienone is 2. The normalized spacial score (nSPS) is 47.8. The molecule has 2 aliphatic carbocycles. The molecule has 0 aromatic heterocycles. The molecule has 68 valence electrons. The van der Waals surface area contributed by atoms with Crippen LogP contribution in [0.4, 0.5) is 0 Å². The lowest BCUT2D eigenvalue weighted by Gasteiger charge is -2.34. The first-order valence-corrected chi connectivity index (χ1v) is 4.65. The van der Waals surface area contributed by atoms with Crippen molar-refractivity contribution in [1.29, 1.82) is 5.26 Å². The number of carbonyl (C=O) groups is 1. The molecule has 1 saturated carbocycles. The molecule has 2 rings (SSSR count). The molecule has 0 bridgehead atoms. The highest BCUT2D eigenvalue weighted by atomic mass is 16.1. The first-order valence-electron chi connectivity index (χ1n) is 4.65. The van der Waals surface area contributed by atoms with Gasteiger partial charge in [0.1, 0.15) is 5.78 Å². The molecule has 0 aromatic carbocycles. The Balaban J connectivity index is 2.51. The second kappa shape index (κ2) is 2.23. The van der Waals surface area contributed by atoms with Crippen LogP contribution in [0.2, 0.25) is 0 Å². The van der Waals surface area contributed by atoms with E-state index in [1.807, 2.05) is 19.1 Å². The van der Waals surface area contributed by atoms with Crippen molar-refractivity contribution in [3.05, 3.63) is 12.2 Å². The number of rotatable bonds is 0. The number of Topliss-reactive ketones (excluding diaryl/α,β-unsaturated/α-hetero) is 1. The molecule has 2 nitrogen and oxygen atoms in total. The highest BCUT2D eigenvalue weighted by Crippen LogP contribution is 2.59. The van der Waals surface area contributed by atoms with Crippen LogP contribution in [0.3, 0.4) is 0 Å². The van der Waals surface area contributed by atoms with Gasteiger partial charge < -0.3 is 0 Å². The molecule has 0 heterocycles. The Labute approximate surface area is 78.2 Å². The Kier molecular flexibility index (Phi) is 1.46. The molecule has 0 unspecified atom stereocenters. The summed E-state index contributed by atoms with van der Waals surface area (Å²) in [5.41, 5.74) is -0.508. The maximum absolute atomic E-state index is 11.7. The second-order valence-electron chi connectivity index (χ2n) is 4.54. The zero-order valence-electron chi connectivity index (χ0n) is 8.00. The van der Waals surface area contributed by atoms with Gasteiger partial charge in [-0.25, -0.2) is 0 Å². The van der Waals surface area contributed by atoms with Gasteiger partial charge in [0.05, 0.1) is 17.4 Å². The molecule has 0 amide bonds. The van der Waals surface area contributed by atoms with Crippen LogP contribution in [-0.2, 0) is 4.79 Å². The fourth-order valence-electron chi connectivity index (χ4n) is 2.67. The van der Waals surface area contributed by atoms with Gasteiger partial charge in [0.2, 0.25) is 0 Å². The Morgan fingerprint density at radius 3 is 2.92 bits per heavy atom. The first-order chi connectivity index (χ1) is 6.04. The van der Waals surface area contributed by atoms with E-state index in [1.165, 1.54) is 0 Å². The molecular weight excluding hydrogens is 162 g/mol. The van der Waals surface area contributed by atoms with Crippen molar-refractivity contribution in [2.45, 2.75) is 26.7 Å². The standard InChI is InChI=1S/C11H13NO/c1-10-4-3-5-11(10,2)9(13)6-8(10)7-12/h3,5,8H,4,6H2,1-2H3/t8-,10+,11-/m0/s1.